The van der Waals surface area contributed by atoms with E-state index in [1.165, 1.54) is 12.1 Å². The number of hydrogen-bond acceptors (Lipinski definition) is 2. The molecule has 1 heterocycles. The third-order valence-corrected chi connectivity index (χ3v) is 3.87. The highest BCUT2D eigenvalue weighted by Crippen LogP contribution is 2.15. The van der Waals surface area contributed by atoms with Crippen LogP contribution < -0.4 is 5.32 Å². The number of benzene rings is 1. The summed E-state index contributed by atoms with van der Waals surface area (Å²) >= 11 is 0. The predicted molar refractivity (Wildman–Crippen MR) is 81.5 cm³/mol. The van der Waals surface area contributed by atoms with Crippen LogP contribution in [0.25, 0.3) is 0 Å². The number of piperazine rings is 1. The van der Waals surface area contributed by atoms with Crippen molar-refractivity contribution in [3.8, 4) is 0 Å². The van der Waals surface area contributed by atoms with Gasteiger partial charge in [0, 0.05) is 38.3 Å². The van der Waals surface area contributed by atoms with Crippen molar-refractivity contribution in [1.29, 1.82) is 0 Å². The molecular weight excluding hydrogens is 269 g/mol. The quantitative estimate of drug-likeness (QED) is 0.909. The number of urea groups is 1. The first kappa shape index (κ1) is 15.8. The Morgan fingerprint density at radius 1 is 1.14 bits per heavy atom. The van der Waals surface area contributed by atoms with Gasteiger partial charge in [0.15, 0.2) is 0 Å². The van der Waals surface area contributed by atoms with E-state index in [1.54, 1.807) is 12.1 Å². The van der Waals surface area contributed by atoms with E-state index in [0.29, 0.717) is 6.54 Å². The van der Waals surface area contributed by atoms with Crippen LogP contribution >= 0.6 is 0 Å². The Morgan fingerprint density at radius 3 is 2.24 bits per heavy atom. The minimum atomic E-state index is -0.261. The molecule has 0 radical (unpaired) electrons. The molecule has 5 heteroatoms. The van der Waals surface area contributed by atoms with Crippen LogP contribution in [0.5, 0.6) is 0 Å². The Morgan fingerprint density at radius 2 is 1.71 bits per heavy atom. The second-order valence-electron chi connectivity index (χ2n) is 6.43. The highest BCUT2D eigenvalue weighted by Gasteiger charge is 2.27. The summed E-state index contributed by atoms with van der Waals surface area (Å²) in [4.78, 5) is 16.3. The SMILES string of the molecule is CC(C)(C)N1CCN(C(=O)NCc2ccc(F)cc2)CC1. The van der Waals surface area contributed by atoms with Crippen LogP contribution in [0.4, 0.5) is 9.18 Å². The summed E-state index contributed by atoms with van der Waals surface area (Å²) in [5.74, 6) is -0.261. The highest BCUT2D eigenvalue weighted by atomic mass is 19.1. The third-order valence-electron chi connectivity index (χ3n) is 3.87. The first-order chi connectivity index (χ1) is 9.86. The van der Waals surface area contributed by atoms with Crippen molar-refractivity contribution in [2.45, 2.75) is 32.9 Å². The van der Waals surface area contributed by atoms with Crippen LogP contribution in [0.1, 0.15) is 26.3 Å². The number of carbonyl (C=O) groups excluding carboxylic acids is 1. The normalized spacial score (nSPS) is 16.9. The fourth-order valence-electron chi connectivity index (χ4n) is 2.47. The molecule has 1 aromatic carbocycles. The number of halogens is 1. The van der Waals surface area contributed by atoms with Crippen molar-refractivity contribution in [1.82, 2.24) is 15.1 Å². The zero-order valence-corrected chi connectivity index (χ0v) is 13.0. The van der Waals surface area contributed by atoms with Gasteiger partial charge in [0.25, 0.3) is 0 Å². The molecule has 1 fully saturated rings. The lowest BCUT2D eigenvalue weighted by Crippen LogP contribution is -2.56. The van der Waals surface area contributed by atoms with E-state index < -0.39 is 0 Å². The van der Waals surface area contributed by atoms with E-state index in [4.69, 9.17) is 0 Å². The second-order valence-corrected chi connectivity index (χ2v) is 6.43. The summed E-state index contributed by atoms with van der Waals surface area (Å²) in [7, 11) is 0. The highest BCUT2D eigenvalue weighted by molar-refractivity contribution is 5.74. The molecule has 0 atom stereocenters. The number of rotatable bonds is 2. The van der Waals surface area contributed by atoms with Crippen LogP contribution in [0.15, 0.2) is 24.3 Å². The smallest absolute Gasteiger partial charge is 0.317 e. The fourth-order valence-corrected chi connectivity index (χ4v) is 2.47. The number of carbonyl (C=O) groups is 1. The largest absolute Gasteiger partial charge is 0.334 e. The maximum absolute atomic E-state index is 12.8. The molecule has 1 saturated heterocycles. The van der Waals surface area contributed by atoms with Crippen LogP contribution in [-0.2, 0) is 6.54 Å². The van der Waals surface area contributed by atoms with Crippen LogP contribution in [0, 0.1) is 5.82 Å². The molecule has 0 aromatic heterocycles. The van der Waals surface area contributed by atoms with Crippen molar-refractivity contribution in [2.75, 3.05) is 26.2 Å². The molecule has 0 unspecified atom stereocenters. The summed E-state index contributed by atoms with van der Waals surface area (Å²) in [6, 6.07) is 6.14. The number of nitrogens with zero attached hydrogens (tertiary/aromatic N) is 2. The molecule has 0 spiro atoms. The average molecular weight is 293 g/mol. The Kier molecular flexibility index (Phi) is 4.83. The zero-order valence-electron chi connectivity index (χ0n) is 13.0. The van der Waals surface area contributed by atoms with Gasteiger partial charge in [-0.05, 0) is 38.5 Å². The average Bonchev–Trinajstić information content (AvgIpc) is 2.45. The Hall–Kier alpha value is -1.62. The summed E-state index contributed by atoms with van der Waals surface area (Å²) in [5, 5.41) is 2.89. The van der Waals surface area contributed by atoms with E-state index in [0.717, 1.165) is 31.7 Å². The predicted octanol–water partition coefficient (Wildman–Crippen LogP) is 2.45. The van der Waals surface area contributed by atoms with Gasteiger partial charge in [-0.1, -0.05) is 12.1 Å². The molecule has 1 aliphatic heterocycles. The second kappa shape index (κ2) is 6.43. The van der Waals surface area contributed by atoms with Gasteiger partial charge in [-0.3, -0.25) is 4.90 Å². The van der Waals surface area contributed by atoms with Crippen molar-refractivity contribution < 1.29 is 9.18 Å². The van der Waals surface area contributed by atoms with Gasteiger partial charge in [0.2, 0.25) is 0 Å². The molecule has 1 aromatic rings. The lowest BCUT2D eigenvalue weighted by Gasteiger charge is -2.42. The first-order valence-corrected chi connectivity index (χ1v) is 7.38. The van der Waals surface area contributed by atoms with Crippen molar-refractivity contribution in [3.05, 3.63) is 35.6 Å². The summed E-state index contributed by atoms with van der Waals surface area (Å²) < 4.78 is 12.8. The van der Waals surface area contributed by atoms with Gasteiger partial charge in [-0.2, -0.15) is 0 Å². The lowest BCUT2D eigenvalue weighted by molar-refractivity contribution is 0.0742. The maximum atomic E-state index is 12.8. The molecule has 4 nitrogen and oxygen atoms in total. The Bertz CT molecular complexity index is 473. The number of nitrogens with one attached hydrogen (secondary N) is 1. The van der Waals surface area contributed by atoms with Crippen LogP contribution in [-0.4, -0.2) is 47.5 Å². The monoisotopic (exact) mass is 293 g/mol. The van der Waals surface area contributed by atoms with Gasteiger partial charge in [0.1, 0.15) is 5.82 Å². The van der Waals surface area contributed by atoms with Gasteiger partial charge in [-0.25, -0.2) is 9.18 Å². The van der Waals surface area contributed by atoms with E-state index in [9.17, 15) is 9.18 Å². The summed E-state index contributed by atoms with van der Waals surface area (Å²) in [6.45, 7) is 10.3. The molecule has 116 valence electrons. The van der Waals surface area contributed by atoms with Crippen molar-refractivity contribution in [2.24, 2.45) is 0 Å². The maximum Gasteiger partial charge on any atom is 0.317 e. The molecule has 1 aliphatic rings. The molecular formula is C16H24FN3O. The van der Waals surface area contributed by atoms with E-state index in [-0.39, 0.29) is 17.4 Å². The molecule has 1 N–H and O–H groups in total. The summed E-state index contributed by atoms with van der Waals surface area (Å²) in [6.07, 6.45) is 0. The van der Waals surface area contributed by atoms with E-state index in [2.05, 4.69) is 31.0 Å². The topological polar surface area (TPSA) is 35.6 Å². The van der Waals surface area contributed by atoms with Crippen molar-refractivity contribution >= 4 is 6.03 Å². The van der Waals surface area contributed by atoms with Crippen LogP contribution in [0.2, 0.25) is 0 Å². The number of amides is 2. The minimum Gasteiger partial charge on any atom is -0.334 e. The van der Waals surface area contributed by atoms with Gasteiger partial charge in [0.05, 0.1) is 0 Å². The number of hydrogen-bond donors (Lipinski definition) is 1. The molecule has 0 aliphatic carbocycles. The van der Waals surface area contributed by atoms with Gasteiger partial charge >= 0.3 is 6.03 Å². The molecule has 0 bridgehead atoms. The molecule has 21 heavy (non-hydrogen) atoms. The van der Waals surface area contributed by atoms with Crippen LogP contribution in [0.3, 0.4) is 0 Å². The molecule has 0 saturated carbocycles. The standard InChI is InChI=1S/C16H24FN3O/c1-16(2,3)20-10-8-19(9-11-20)15(21)18-12-13-4-6-14(17)7-5-13/h4-7H,8-12H2,1-3H3,(H,18,21). The minimum absolute atomic E-state index is 0.0483. The zero-order chi connectivity index (χ0) is 15.5. The van der Waals surface area contributed by atoms with E-state index in [1.807, 2.05) is 4.90 Å². The summed E-state index contributed by atoms with van der Waals surface area (Å²) in [5.41, 5.74) is 1.05. The fraction of sp³-hybridized carbons (Fsp3) is 0.562. The van der Waals surface area contributed by atoms with Gasteiger partial charge in [-0.15, -0.1) is 0 Å². The van der Waals surface area contributed by atoms with Gasteiger partial charge < -0.3 is 10.2 Å². The molecule has 2 rings (SSSR count). The first-order valence-electron chi connectivity index (χ1n) is 7.38. The third kappa shape index (κ3) is 4.43. The van der Waals surface area contributed by atoms with E-state index >= 15 is 0 Å². The Labute approximate surface area is 125 Å². The Balaban J connectivity index is 1.78. The van der Waals surface area contributed by atoms with Crippen molar-refractivity contribution in [3.63, 3.8) is 0 Å². The molecule has 2 amide bonds. The lowest BCUT2D eigenvalue weighted by atomic mass is 10.1.